The average Bonchev–Trinajstić information content (AvgIpc) is 2.88. The van der Waals surface area contributed by atoms with E-state index in [4.69, 9.17) is 4.74 Å². The fourth-order valence-electron chi connectivity index (χ4n) is 3.01. The van der Waals surface area contributed by atoms with Gasteiger partial charge in [-0.3, -0.25) is 4.79 Å². The number of hydrogen-bond donors (Lipinski definition) is 2. The molecular weight excluding hydrogens is 216 g/mol. The third kappa shape index (κ3) is 2.20. The molecule has 0 aromatic heterocycles. The number of ether oxygens (including phenoxy) is 1. The summed E-state index contributed by atoms with van der Waals surface area (Å²) in [4.78, 5) is 12.3. The van der Waals surface area contributed by atoms with Gasteiger partial charge >= 0.3 is 0 Å². The molecule has 2 heterocycles. The molecule has 3 atom stereocenters. The van der Waals surface area contributed by atoms with Crippen LogP contribution in [0.15, 0.2) is 0 Å². The topological polar surface area (TPSA) is 50.4 Å². The molecule has 0 aromatic rings. The maximum atomic E-state index is 12.3. The predicted octanol–water partition coefficient (Wildman–Crippen LogP) is 0.670. The van der Waals surface area contributed by atoms with Crippen molar-refractivity contribution in [2.45, 2.75) is 44.8 Å². The SMILES string of the molecule is CC1(C(=O)NC2CCOC2C2CC2)CCNC1. The maximum Gasteiger partial charge on any atom is 0.227 e. The molecule has 0 radical (unpaired) electrons. The molecule has 2 saturated heterocycles. The van der Waals surface area contributed by atoms with E-state index in [9.17, 15) is 4.79 Å². The minimum absolute atomic E-state index is 0.212. The van der Waals surface area contributed by atoms with Gasteiger partial charge in [-0.2, -0.15) is 0 Å². The third-order valence-corrected chi connectivity index (χ3v) is 4.46. The molecule has 2 aliphatic heterocycles. The Balaban J connectivity index is 1.60. The summed E-state index contributed by atoms with van der Waals surface area (Å²) in [7, 11) is 0. The van der Waals surface area contributed by atoms with E-state index < -0.39 is 0 Å². The Morgan fingerprint density at radius 3 is 2.88 bits per heavy atom. The Labute approximate surface area is 102 Å². The highest BCUT2D eigenvalue weighted by atomic mass is 16.5. The van der Waals surface area contributed by atoms with E-state index in [-0.39, 0.29) is 23.5 Å². The van der Waals surface area contributed by atoms with Crippen molar-refractivity contribution in [3.63, 3.8) is 0 Å². The van der Waals surface area contributed by atoms with E-state index in [2.05, 4.69) is 17.6 Å². The van der Waals surface area contributed by atoms with E-state index >= 15 is 0 Å². The number of nitrogens with one attached hydrogen (secondary N) is 2. The summed E-state index contributed by atoms with van der Waals surface area (Å²) in [5.41, 5.74) is -0.212. The Bertz CT molecular complexity index is 309. The van der Waals surface area contributed by atoms with Crippen molar-refractivity contribution in [3.8, 4) is 0 Å². The molecule has 96 valence electrons. The molecule has 3 unspecified atom stereocenters. The lowest BCUT2D eigenvalue weighted by atomic mass is 9.88. The first-order valence-electron chi connectivity index (χ1n) is 6.82. The first-order chi connectivity index (χ1) is 8.19. The third-order valence-electron chi connectivity index (χ3n) is 4.46. The Morgan fingerprint density at radius 1 is 1.41 bits per heavy atom. The van der Waals surface area contributed by atoms with Gasteiger partial charge in [0.05, 0.1) is 17.6 Å². The summed E-state index contributed by atoms with van der Waals surface area (Å²) < 4.78 is 5.76. The zero-order chi connectivity index (χ0) is 11.9. The minimum atomic E-state index is -0.212. The smallest absolute Gasteiger partial charge is 0.227 e. The lowest BCUT2D eigenvalue weighted by molar-refractivity contribution is -0.130. The van der Waals surface area contributed by atoms with Crippen molar-refractivity contribution < 1.29 is 9.53 Å². The van der Waals surface area contributed by atoms with Crippen LogP contribution >= 0.6 is 0 Å². The van der Waals surface area contributed by atoms with Crippen LogP contribution in [0.5, 0.6) is 0 Å². The molecule has 4 nitrogen and oxygen atoms in total. The quantitative estimate of drug-likeness (QED) is 0.760. The number of carbonyl (C=O) groups is 1. The Morgan fingerprint density at radius 2 is 2.24 bits per heavy atom. The van der Waals surface area contributed by atoms with E-state index in [1.807, 2.05) is 0 Å². The van der Waals surface area contributed by atoms with Gasteiger partial charge in [0, 0.05) is 13.2 Å². The average molecular weight is 238 g/mol. The fourth-order valence-corrected chi connectivity index (χ4v) is 3.01. The van der Waals surface area contributed by atoms with Crippen LogP contribution < -0.4 is 10.6 Å². The Hall–Kier alpha value is -0.610. The van der Waals surface area contributed by atoms with Crippen LogP contribution in [-0.2, 0) is 9.53 Å². The highest BCUT2D eigenvalue weighted by Crippen LogP contribution is 2.39. The molecule has 4 heteroatoms. The van der Waals surface area contributed by atoms with E-state index in [0.717, 1.165) is 32.5 Å². The normalized spacial score (nSPS) is 41.7. The number of carbonyl (C=O) groups excluding carboxylic acids is 1. The zero-order valence-electron chi connectivity index (χ0n) is 10.5. The van der Waals surface area contributed by atoms with Gasteiger partial charge in [0.1, 0.15) is 0 Å². The molecule has 0 aromatic carbocycles. The molecule has 0 bridgehead atoms. The molecule has 3 aliphatic rings. The van der Waals surface area contributed by atoms with Crippen LogP contribution in [0, 0.1) is 11.3 Å². The zero-order valence-corrected chi connectivity index (χ0v) is 10.5. The van der Waals surface area contributed by atoms with Gasteiger partial charge in [0.2, 0.25) is 5.91 Å². The summed E-state index contributed by atoms with van der Waals surface area (Å²) in [5, 5.41) is 6.50. The molecular formula is C13H22N2O2. The van der Waals surface area contributed by atoms with Gasteiger partial charge < -0.3 is 15.4 Å². The van der Waals surface area contributed by atoms with E-state index in [0.29, 0.717) is 5.92 Å². The molecule has 17 heavy (non-hydrogen) atoms. The summed E-state index contributed by atoms with van der Waals surface area (Å²) in [6.07, 6.45) is 4.76. The van der Waals surface area contributed by atoms with Gasteiger partial charge in [0.15, 0.2) is 0 Å². The lowest BCUT2D eigenvalue weighted by Crippen LogP contribution is -2.48. The van der Waals surface area contributed by atoms with Crippen LogP contribution in [-0.4, -0.2) is 37.7 Å². The summed E-state index contributed by atoms with van der Waals surface area (Å²) in [5.74, 6) is 0.918. The minimum Gasteiger partial charge on any atom is -0.376 e. The monoisotopic (exact) mass is 238 g/mol. The van der Waals surface area contributed by atoms with Crippen LogP contribution in [0.4, 0.5) is 0 Å². The van der Waals surface area contributed by atoms with E-state index in [1.165, 1.54) is 12.8 Å². The van der Waals surface area contributed by atoms with Crippen molar-refractivity contribution in [2.75, 3.05) is 19.7 Å². The summed E-state index contributed by atoms with van der Waals surface area (Å²) in [6, 6.07) is 0.257. The Kier molecular flexibility index (Phi) is 2.87. The first kappa shape index (κ1) is 11.5. The summed E-state index contributed by atoms with van der Waals surface area (Å²) in [6.45, 7) is 4.63. The van der Waals surface area contributed by atoms with Crippen molar-refractivity contribution in [2.24, 2.45) is 11.3 Å². The second-order valence-corrected chi connectivity index (χ2v) is 6.03. The second-order valence-electron chi connectivity index (χ2n) is 6.03. The molecule has 0 spiro atoms. The van der Waals surface area contributed by atoms with Crippen molar-refractivity contribution in [1.29, 1.82) is 0 Å². The van der Waals surface area contributed by atoms with Gasteiger partial charge in [0.25, 0.3) is 0 Å². The van der Waals surface area contributed by atoms with Crippen LogP contribution in [0.25, 0.3) is 0 Å². The molecule has 1 amide bonds. The van der Waals surface area contributed by atoms with Crippen molar-refractivity contribution >= 4 is 5.91 Å². The highest BCUT2D eigenvalue weighted by molar-refractivity contribution is 5.83. The fraction of sp³-hybridized carbons (Fsp3) is 0.923. The maximum absolute atomic E-state index is 12.3. The van der Waals surface area contributed by atoms with E-state index in [1.54, 1.807) is 0 Å². The second kappa shape index (κ2) is 4.25. The van der Waals surface area contributed by atoms with Crippen molar-refractivity contribution in [1.82, 2.24) is 10.6 Å². The largest absolute Gasteiger partial charge is 0.376 e. The molecule has 1 aliphatic carbocycles. The van der Waals surface area contributed by atoms with Gasteiger partial charge in [-0.15, -0.1) is 0 Å². The van der Waals surface area contributed by atoms with Gasteiger partial charge in [-0.05, 0) is 45.1 Å². The molecule has 3 fully saturated rings. The molecule has 1 saturated carbocycles. The molecule has 3 rings (SSSR count). The van der Waals surface area contributed by atoms with Crippen LogP contribution in [0.1, 0.15) is 32.6 Å². The van der Waals surface area contributed by atoms with Gasteiger partial charge in [-0.1, -0.05) is 0 Å². The lowest BCUT2D eigenvalue weighted by Gasteiger charge is -2.26. The highest BCUT2D eigenvalue weighted by Gasteiger charge is 2.44. The number of amides is 1. The molecule has 2 N–H and O–H groups in total. The van der Waals surface area contributed by atoms with Crippen molar-refractivity contribution in [3.05, 3.63) is 0 Å². The summed E-state index contributed by atoms with van der Waals surface area (Å²) >= 11 is 0. The standard InChI is InChI=1S/C13H22N2O2/c1-13(5-6-14-8-13)12(16)15-10-4-7-17-11(10)9-2-3-9/h9-11,14H,2-8H2,1H3,(H,15,16). The van der Waals surface area contributed by atoms with Gasteiger partial charge in [-0.25, -0.2) is 0 Å². The van der Waals surface area contributed by atoms with Crippen LogP contribution in [0.2, 0.25) is 0 Å². The number of rotatable bonds is 3. The first-order valence-corrected chi connectivity index (χ1v) is 6.82. The van der Waals surface area contributed by atoms with Crippen LogP contribution in [0.3, 0.4) is 0 Å². The number of hydrogen-bond acceptors (Lipinski definition) is 3. The predicted molar refractivity (Wildman–Crippen MR) is 64.6 cm³/mol.